The van der Waals surface area contributed by atoms with Gasteiger partial charge in [0.15, 0.2) is 11.4 Å². The number of aryl methyl sites for hydroxylation is 1. The molecule has 286 valence electrons. The predicted octanol–water partition coefficient (Wildman–Crippen LogP) is 5.50. The van der Waals surface area contributed by atoms with Gasteiger partial charge in [-0.3, -0.25) is 9.59 Å². The number of phenolic OH excluding ortho intramolecular Hbond substituents is 1. The van der Waals surface area contributed by atoms with Crippen LogP contribution in [0.2, 0.25) is 0 Å². The van der Waals surface area contributed by atoms with Crippen molar-refractivity contribution in [3.63, 3.8) is 0 Å². The third kappa shape index (κ3) is 8.38. The van der Waals surface area contributed by atoms with Crippen LogP contribution in [-0.2, 0) is 16.1 Å². The molecule has 55 heavy (non-hydrogen) atoms. The Labute approximate surface area is 322 Å². The van der Waals surface area contributed by atoms with Crippen LogP contribution in [0.3, 0.4) is 0 Å². The maximum Gasteiger partial charge on any atom is 0.254 e. The van der Waals surface area contributed by atoms with Crippen LogP contribution in [0.1, 0.15) is 61.9 Å². The van der Waals surface area contributed by atoms with Gasteiger partial charge in [0.05, 0.1) is 33.9 Å². The zero-order valence-electron chi connectivity index (χ0n) is 31.0. The lowest BCUT2D eigenvalue weighted by atomic mass is 9.91. The molecule has 5 N–H and O–H groups in total. The number of rotatable bonds is 14. The molecule has 1 saturated heterocycles. The number of para-hydroxylation sites is 1. The van der Waals surface area contributed by atoms with Crippen molar-refractivity contribution in [3.05, 3.63) is 95.0 Å². The van der Waals surface area contributed by atoms with E-state index in [4.69, 9.17) is 9.26 Å². The van der Waals surface area contributed by atoms with E-state index >= 15 is 0 Å². The molecule has 2 aromatic carbocycles. The number of nitrogens with one attached hydrogen (secondary N) is 3. The highest BCUT2D eigenvalue weighted by molar-refractivity contribution is 7.13. The van der Waals surface area contributed by atoms with Crippen molar-refractivity contribution in [2.24, 2.45) is 5.92 Å². The summed E-state index contributed by atoms with van der Waals surface area (Å²) in [5.74, 6) is -0.848. The van der Waals surface area contributed by atoms with Crippen molar-refractivity contribution >= 4 is 34.2 Å². The second-order valence-electron chi connectivity index (χ2n) is 14.2. The van der Waals surface area contributed by atoms with Gasteiger partial charge >= 0.3 is 0 Å². The number of hydrogen-bond acceptors (Lipinski definition) is 12. The summed E-state index contributed by atoms with van der Waals surface area (Å²) in [6.45, 7) is 9.03. The van der Waals surface area contributed by atoms with Crippen LogP contribution >= 0.6 is 11.3 Å². The number of fused-ring (bicyclic) bond motifs is 1. The number of aliphatic hydroxyl groups is 1. The fourth-order valence-corrected chi connectivity index (χ4v) is 7.77. The number of aliphatic hydroxyl groups excluding tert-OH is 1. The van der Waals surface area contributed by atoms with Crippen LogP contribution in [-0.4, -0.2) is 84.1 Å². The highest BCUT2D eigenvalue weighted by Gasteiger charge is 2.43. The van der Waals surface area contributed by atoms with Crippen molar-refractivity contribution in [1.82, 2.24) is 40.9 Å². The molecule has 2 amide bonds. The van der Waals surface area contributed by atoms with Crippen LogP contribution < -0.4 is 15.4 Å². The largest absolute Gasteiger partial charge is 0.507 e. The number of thiazole rings is 1. The van der Waals surface area contributed by atoms with Crippen LogP contribution in [0.15, 0.2) is 76.8 Å². The maximum atomic E-state index is 14.1. The lowest BCUT2D eigenvalue weighted by molar-refractivity contribution is -0.141. The molecule has 0 radical (unpaired) electrons. The van der Waals surface area contributed by atoms with Crippen molar-refractivity contribution in [2.45, 2.75) is 64.8 Å². The van der Waals surface area contributed by atoms with Gasteiger partial charge in [0.1, 0.15) is 24.3 Å². The van der Waals surface area contributed by atoms with Crippen LogP contribution in [0, 0.1) is 12.8 Å². The highest BCUT2D eigenvalue weighted by atomic mass is 32.1. The predicted molar refractivity (Wildman–Crippen MR) is 207 cm³/mol. The van der Waals surface area contributed by atoms with Crippen molar-refractivity contribution in [2.75, 3.05) is 19.7 Å². The summed E-state index contributed by atoms with van der Waals surface area (Å²) >= 11 is 1.58. The number of aromatic hydroxyl groups is 1. The number of β-amino-alcohol motifs (C(OH)–C–C–N with tert-alkyl or cyclic N) is 1. The van der Waals surface area contributed by atoms with Crippen LogP contribution in [0.25, 0.3) is 32.7 Å². The van der Waals surface area contributed by atoms with Gasteiger partial charge in [0, 0.05) is 48.8 Å². The van der Waals surface area contributed by atoms with E-state index in [1.165, 1.54) is 4.90 Å². The summed E-state index contributed by atoms with van der Waals surface area (Å²) in [4.78, 5) is 37.8. The number of phenols is 1. The third-order valence-electron chi connectivity index (χ3n) is 9.84. The Bertz CT molecular complexity index is 2270. The van der Waals surface area contributed by atoms with E-state index < -0.39 is 18.1 Å². The minimum atomic E-state index is -0.835. The Hall–Kier alpha value is -5.64. The number of carbonyl (C=O) groups is 2. The molecule has 0 aliphatic carbocycles. The zero-order valence-corrected chi connectivity index (χ0v) is 31.8. The normalized spacial score (nSPS) is 16.8. The summed E-state index contributed by atoms with van der Waals surface area (Å²) in [7, 11) is 0. The van der Waals surface area contributed by atoms with Gasteiger partial charge in [-0.25, -0.2) is 4.98 Å². The summed E-state index contributed by atoms with van der Waals surface area (Å²) in [6.07, 6.45) is -0.689. The Kier molecular flexibility index (Phi) is 11.2. The quantitative estimate of drug-likeness (QED) is 0.0881. The van der Waals surface area contributed by atoms with E-state index in [-0.39, 0.29) is 55.0 Å². The molecule has 0 saturated carbocycles. The molecule has 1 aliphatic rings. The average Bonchev–Trinajstić information content (AvgIpc) is 3.98. The van der Waals surface area contributed by atoms with Crippen molar-refractivity contribution < 1.29 is 29.1 Å². The molecule has 7 rings (SSSR count). The minimum Gasteiger partial charge on any atom is -0.507 e. The lowest BCUT2D eigenvalue weighted by Gasteiger charge is -2.29. The second kappa shape index (κ2) is 16.4. The molecular formula is C40H44N8O6S. The first-order valence-corrected chi connectivity index (χ1v) is 19.2. The Morgan fingerprint density at radius 2 is 1.89 bits per heavy atom. The molecule has 1 fully saturated rings. The first-order chi connectivity index (χ1) is 26.5. The van der Waals surface area contributed by atoms with E-state index in [0.717, 1.165) is 32.8 Å². The molecule has 5 heterocycles. The molecule has 0 bridgehead atoms. The molecule has 6 aromatic rings. The van der Waals surface area contributed by atoms with Gasteiger partial charge in [-0.2, -0.15) is 0 Å². The highest BCUT2D eigenvalue weighted by Crippen LogP contribution is 2.33. The second-order valence-corrected chi connectivity index (χ2v) is 15.0. The van der Waals surface area contributed by atoms with Crippen molar-refractivity contribution in [3.8, 4) is 33.3 Å². The smallest absolute Gasteiger partial charge is 0.254 e. The van der Waals surface area contributed by atoms with Gasteiger partial charge in [0.2, 0.25) is 11.8 Å². The number of ether oxygens (including phenoxy) is 1. The van der Waals surface area contributed by atoms with Crippen molar-refractivity contribution in [1.29, 1.82) is 0 Å². The lowest BCUT2D eigenvalue weighted by Crippen LogP contribution is -2.48. The van der Waals surface area contributed by atoms with Crippen LogP contribution in [0.4, 0.5) is 0 Å². The topological polar surface area (TPSA) is 192 Å². The molecule has 15 heteroatoms. The average molecular weight is 765 g/mol. The fraction of sp³-hybridized carbons (Fsp3) is 0.350. The van der Waals surface area contributed by atoms with E-state index in [1.807, 2.05) is 75.7 Å². The molecule has 14 nitrogen and oxygen atoms in total. The monoisotopic (exact) mass is 764 g/mol. The maximum absolute atomic E-state index is 14.1. The van der Waals surface area contributed by atoms with Gasteiger partial charge in [-0.15, -0.1) is 21.5 Å². The number of likely N-dealkylation sites (tertiary alicyclic amines) is 1. The summed E-state index contributed by atoms with van der Waals surface area (Å²) in [5.41, 5.74) is 7.54. The molecule has 4 aromatic heterocycles. The van der Waals surface area contributed by atoms with E-state index in [1.54, 1.807) is 35.6 Å². The number of carbonyl (C=O) groups excluding carboxylic acids is 2. The third-order valence-corrected chi connectivity index (χ3v) is 10.8. The standard InChI is InChI=1S/C40H44N8O6S/c1-22(2)36(40(52)48-20-29(49)17-32(48)39(51)43-23(3)25-9-11-26(12-10-25)37-24(4)42-21-55-37)34-18-35(47-54-34)53-14-13-41-19-28-15-27-16-31(45-46-38(27)44-28)30-7-5-6-8-33(30)50/h5-12,15-16,18,21-23,29,32,36,41,49-50H,13-14,17,19-20H2,1-4H3,(H,43,51)(H,44,46)/t23-,29+,32-,36+/m0/s1. The minimum absolute atomic E-state index is 0.0430. The number of aromatic nitrogens is 5. The summed E-state index contributed by atoms with van der Waals surface area (Å²) < 4.78 is 11.5. The Morgan fingerprint density at radius 3 is 2.64 bits per heavy atom. The molecule has 4 atom stereocenters. The van der Waals surface area contributed by atoms with E-state index in [9.17, 15) is 19.8 Å². The number of amides is 2. The molecular weight excluding hydrogens is 721 g/mol. The molecule has 0 unspecified atom stereocenters. The van der Waals surface area contributed by atoms with Gasteiger partial charge in [0.25, 0.3) is 5.88 Å². The van der Waals surface area contributed by atoms with E-state index in [2.05, 4.69) is 36.0 Å². The number of aromatic amines is 1. The fourth-order valence-electron chi connectivity index (χ4n) is 6.96. The Morgan fingerprint density at radius 1 is 1.09 bits per heavy atom. The first-order valence-electron chi connectivity index (χ1n) is 18.3. The number of hydrogen-bond donors (Lipinski definition) is 5. The number of benzene rings is 2. The van der Waals surface area contributed by atoms with Gasteiger partial charge < -0.3 is 40.0 Å². The van der Waals surface area contributed by atoms with Gasteiger partial charge in [-0.1, -0.05) is 50.2 Å². The zero-order chi connectivity index (χ0) is 38.6. The first kappa shape index (κ1) is 37.7. The van der Waals surface area contributed by atoms with E-state index in [0.29, 0.717) is 35.8 Å². The van der Waals surface area contributed by atoms with Crippen LogP contribution in [0.5, 0.6) is 11.6 Å². The number of H-pyrrole nitrogens is 1. The Balaban J connectivity index is 0.921. The molecule has 1 aliphatic heterocycles. The van der Waals surface area contributed by atoms with Gasteiger partial charge in [-0.05, 0) is 60.3 Å². The summed E-state index contributed by atoms with van der Waals surface area (Å²) in [5, 5.41) is 40.6. The molecule has 0 spiro atoms. The number of nitrogens with zero attached hydrogens (tertiary/aromatic N) is 5. The summed E-state index contributed by atoms with van der Waals surface area (Å²) in [6, 6.07) is 19.3. The SMILES string of the molecule is Cc1ncsc1-c1ccc([C@H](C)NC(=O)[C@@H]2C[C@@H](O)CN2C(=O)[C@@H](c2cc(OCCNCc3cc4cc(-c5ccccc5O)nnc4[nH]3)no2)C(C)C)cc1.